The number of hydrogen-bond acceptors (Lipinski definition) is 2. The first-order valence-electron chi connectivity index (χ1n) is 3.91. The van der Waals surface area contributed by atoms with Gasteiger partial charge in [-0.3, -0.25) is 0 Å². The highest BCUT2D eigenvalue weighted by Crippen LogP contribution is 2.13. The minimum Gasteiger partial charge on any atom is -0.501 e. The van der Waals surface area contributed by atoms with Crippen LogP contribution in [-0.2, 0) is 9.47 Å². The van der Waals surface area contributed by atoms with Crippen LogP contribution < -0.4 is 0 Å². The molecule has 0 N–H and O–H groups in total. The van der Waals surface area contributed by atoms with Crippen molar-refractivity contribution < 1.29 is 9.47 Å². The molecular formula is C9H18O2. The molecule has 0 fully saturated rings. The maximum atomic E-state index is 5.25. The summed E-state index contributed by atoms with van der Waals surface area (Å²) < 4.78 is 10.3. The molecule has 0 aromatic heterocycles. The lowest BCUT2D eigenvalue weighted by atomic mass is 10.1. The van der Waals surface area contributed by atoms with Gasteiger partial charge in [0.15, 0.2) is 0 Å². The Morgan fingerprint density at radius 3 is 2.09 bits per heavy atom. The summed E-state index contributed by atoms with van der Waals surface area (Å²) in [4.78, 5) is 0. The van der Waals surface area contributed by atoms with Crippen LogP contribution in [0.15, 0.2) is 11.3 Å². The zero-order valence-corrected chi connectivity index (χ0v) is 8.10. The second-order valence-corrected chi connectivity index (χ2v) is 2.58. The molecule has 2 heteroatoms. The van der Waals surface area contributed by atoms with Crippen molar-refractivity contribution in [1.29, 1.82) is 0 Å². The standard InChI is InChI=1S/C9H18O2/c1-6-9(11-5)7(2)8(3)10-4/h9H,6H2,1-5H3. The van der Waals surface area contributed by atoms with E-state index in [9.17, 15) is 0 Å². The number of methoxy groups -OCH3 is 2. The molecule has 0 aliphatic rings. The minimum absolute atomic E-state index is 0.204. The fraction of sp³-hybridized carbons (Fsp3) is 0.778. The maximum absolute atomic E-state index is 5.25. The average molecular weight is 158 g/mol. The summed E-state index contributed by atoms with van der Waals surface area (Å²) in [5.41, 5.74) is 1.18. The van der Waals surface area contributed by atoms with Crippen molar-refractivity contribution >= 4 is 0 Å². The van der Waals surface area contributed by atoms with Gasteiger partial charge < -0.3 is 9.47 Å². The topological polar surface area (TPSA) is 18.5 Å². The van der Waals surface area contributed by atoms with Gasteiger partial charge in [-0.15, -0.1) is 0 Å². The highest BCUT2D eigenvalue weighted by atomic mass is 16.5. The third-order valence-electron chi connectivity index (χ3n) is 2.00. The fourth-order valence-corrected chi connectivity index (χ4v) is 1.04. The molecule has 0 saturated carbocycles. The lowest BCUT2D eigenvalue weighted by Gasteiger charge is -2.15. The highest BCUT2D eigenvalue weighted by Gasteiger charge is 2.09. The molecule has 0 amide bonds. The Morgan fingerprint density at radius 1 is 1.27 bits per heavy atom. The van der Waals surface area contributed by atoms with Gasteiger partial charge in [0.2, 0.25) is 0 Å². The van der Waals surface area contributed by atoms with Gasteiger partial charge in [0, 0.05) is 7.11 Å². The molecule has 66 valence electrons. The van der Waals surface area contributed by atoms with E-state index in [1.54, 1.807) is 14.2 Å². The fourth-order valence-electron chi connectivity index (χ4n) is 1.04. The largest absolute Gasteiger partial charge is 0.501 e. The van der Waals surface area contributed by atoms with Gasteiger partial charge in [-0.25, -0.2) is 0 Å². The Labute approximate surface area is 69.2 Å². The van der Waals surface area contributed by atoms with Crippen molar-refractivity contribution in [2.75, 3.05) is 14.2 Å². The van der Waals surface area contributed by atoms with E-state index in [0.29, 0.717) is 0 Å². The van der Waals surface area contributed by atoms with Crippen molar-refractivity contribution in [1.82, 2.24) is 0 Å². The molecule has 0 aliphatic carbocycles. The van der Waals surface area contributed by atoms with Crippen LogP contribution in [0.4, 0.5) is 0 Å². The average Bonchev–Trinajstić information content (AvgIpc) is 2.05. The Kier molecular flexibility index (Phi) is 4.95. The first-order chi connectivity index (χ1) is 5.17. The predicted molar refractivity (Wildman–Crippen MR) is 46.5 cm³/mol. The van der Waals surface area contributed by atoms with E-state index in [1.165, 1.54) is 5.57 Å². The van der Waals surface area contributed by atoms with Crippen LogP contribution in [-0.4, -0.2) is 20.3 Å². The molecule has 0 bridgehead atoms. The van der Waals surface area contributed by atoms with E-state index in [1.807, 2.05) is 13.8 Å². The first-order valence-corrected chi connectivity index (χ1v) is 3.91. The van der Waals surface area contributed by atoms with Crippen LogP contribution in [0.1, 0.15) is 27.2 Å². The minimum atomic E-state index is 0.204. The molecule has 0 spiro atoms. The highest BCUT2D eigenvalue weighted by molar-refractivity contribution is 5.08. The summed E-state index contributed by atoms with van der Waals surface area (Å²) in [5.74, 6) is 0.957. The third kappa shape index (κ3) is 2.93. The quantitative estimate of drug-likeness (QED) is 0.585. The van der Waals surface area contributed by atoms with Gasteiger partial charge in [0.05, 0.1) is 19.0 Å². The summed E-state index contributed by atoms with van der Waals surface area (Å²) >= 11 is 0. The molecule has 0 saturated heterocycles. The second-order valence-electron chi connectivity index (χ2n) is 2.58. The molecular weight excluding hydrogens is 140 g/mol. The lowest BCUT2D eigenvalue weighted by molar-refractivity contribution is 0.122. The molecule has 2 nitrogen and oxygen atoms in total. The Bertz CT molecular complexity index is 134. The van der Waals surface area contributed by atoms with Gasteiger partial charge in [-0.05, 0) is 25.8 Å². The van der Waals surface area contributed by atoms with Gasteiger partial charge in [-0.1, -0.05) is 6.92 Å². The van der Waals surface area contributed by atoms with Crippen molar-refractivity contribution in [3.05, 3.63) is 11.3 Å². The van der Waals surface area contributed by atoms with E-state index in [-0.39, 0.29) is 6.10 Å². The van der Waals surface area contributed by atoms with Crippen LogP contribution in [0.2, 0.25) is 0 Å². The van der Waals surface area contributed by atoms with Crippen LogP contribution in [0.3, 0.4) is 0 Å². The Balaban J connectivity index is 4.28. The van der Waals surface area contributed by atoms with Gasteiger partial charge >= 0.3 is 0 Å². The summed E-state index contributed by atoms with van der Waals surface area (Å²) in [6, 6.07) is 0. The molecule has 0 aliphatic heterocycles. The predicted octanol–water partition coefficient (Wildman–Crippen LogP) is 2.35. The van der Waals surface area contributed by atoms with Crippen LogP contribution in [0.5, 0.6) is 0 Å². The molecule has 1 atom stereocenters. The van der Waals surface area contributed by atoms with E-state index >= 15 is 0 Å². The number of rotatable bonds is 4. The number of hydrogen-bond donors (Lipinski definition) is 0. The molecule has 11 heavy (non-hydrogen) atoms. The van der Waals surface area contributed by atoms with Gasteiger partial charge in [0.1, 0.15) is 0 Å². The summed E-state index contributed by atoms with van der Waals surface area (Å²) in [6.07, 6.45) is 1.19. The number of ether oxygens (including phenoxy) is 2. The third-order valence-corrected chi connectivity index (χ3v) is 2.00. The van der Waals surface area contributed by atoms with Crippen molar-refractivity contribution in [2.45, 2.75) is 33.3 Å². The monoisotopic (exact) mass is 158 g/mol. The molecule has 0 aromatic carbocycles. The second kappa shape index (κ2) is 5.19. The van der Waals surface area contributed by atoms with Crippen LogP contribution in [0.25, 0.3) is 0 Å². The maximum Gasteiger partial charge on any atom is 0.0939 e. The summed E-state index contributed by atoms with van der Waals surface area (Å²) in [7, 11) is 3.40. The lowest BCUT2D eigenvalue weighted by Crippen LogP contribution is -2.12. The van der Waals surface area contributed by atoms with Crippen molar-refractivity contribution in [2.24, 2.45) is 0 Å². The molecule has 0 radical (unpaired) electrons. The van der Waals surface area contributed by atoms with E-state index in [2.05, 4.69) is 6.92 Å². The van der Waals surface area contributed by atoms with Crippen molar-refractivity contribution in [3.8, 4) is 0 Å². The molecule has 0 aromatic rings. The summed E-state index contributed by atoms with van der Waals surface area (Å²) in [5, 5.41) is 0. The molecule has 0 rings (SSSR count). The van der Waals surface area contributed by atoms with Crippen LogP contribution >= 0.6 is 0 Å². The molecule has 1 unspecified atom stereocenters. The Morgan fingerprint density at radius 2 is 1.82 bits per heavy atom. The smallest absolute Gasteiger partial charge is 0.0939 e. The SMILES string of the molecule is CCC(OC)C(C)=C(C)OC. The summed E-state index contributed by atoms with van der Waals surface area (Å²) in [6.45, 7) is 6.09. The zero-order valence-electron chi connectivity index (χ0n) is 8.10. The van der Waals surface area contributed by atoms with E-state index < -0.39 is 0 Å². The molecule has 0 heterocycles. The first kappa shape index (κ1) is 10.5. The van der Waals surface area contributed by atoms with Gasteiger partial charge in [0.25, 0.3) is 0 Å². The van der Waals surface area contributed by atoms with E-state index in [0.717, 1.165) is 12.2 Å². The van der Waals surface area contributed by atoms with E-state index in [4.69, 9.17) is 9.47 Å². The zero-order chi connectivity index (χ0) is 8.85. The normalized spacial score (nSPS) is 15.7. The van der Waals surface area contributed by atoms with Crippen molar-refractivity contribution in [3.63, 3.8) is 0 Å². The number of allylic oxidation sites excluding steroid dienone is 1. The Hall–Kier alpha value is -0.500. The van der Waals surface area contributed by atoms with Gasteiger partial charge in [-0.2, -0.15) is 0 Å². The van der Waals surface area contributed by atoms with Crippen LogP contribution in [0, 0.1) is 0 Å².